The lowest BCUT2D eigenvalue weighted by molar-refractivity contribution is -0.120. The van der Waals surface area contributed by atoms with Gasteiger partial charge in [0.2, 0.25) is 5.91 Å². The Labute approximate surface area is 93.0 Å². The molecule has 0 aliphatic heterocycles. The second-order valence-corrected chi connectivity index (χ2v) is 5.06. The highest BCUT2D eigenvalue weighted by molar-refractivity contribution is 5.77. The predicted molar refractivity (Wildman–Crippen MR) is 62.7 cm³/mol. The first-order valence-corrected chi connectivity index (χ1v) is 6.09. The highest BCUT2D eigenvalue weighted by atomic mass is 16.1. The Morgan fingerprint density at radius 3 is 2.47 bits per heavy atom. The second-order valence-electron chi connectivity index (χ2n) is 5.06. The van der Waals surface area contributed by atoms with Gasteiger partial charge in [-0.25, -0.2) is 0 Å². The van der Waals surface area contributed by atoms with E-state index < -0.39 is 0 Å². The van der Waals surface area contributed by atoms with Crippen LogP contribution in [-0.2, 0) is 4.79 Å². The molecule has 3 heteroatoms. The van der Waals surface area contributed by atoms with Gasteiger partial charge in [0, 0.05) is 12.6 Å². The van der Waals surface area contributed by atoms with Crippen molar-refractivity contribution in [3.8, 4) is 0 Å². The van der Waals surface area contributed by atoms with Crippen LogP contribution in [0.1, 0.15) is 40.0 Å². The average molecular weight is 212 g/mol. The molecule has 1 saturated carbocycles. The first-order valence-electron chi connectivity index (χ1n) is 6.09. The molecule has 1 unspecified atom stereocenters. The van der Waals surface area contributed by atoms with Crippen molar-refractivity contribution in [1.82, 2.24) is 10.6 Å². The molecule has 2 N–H and O–H groups in total. The molecule has 0 aromatic carbocycles. The van der Waals surface area contributed by atoms with E-state index in [2.05, 4.69) is 31.4 Å². The van der Waals surface area contributed by atoms with Gasteiger partial charge in [0.15, 0.2) is 0 Å². The molecule has 0 radical (unpaired) electrons. The minimum atomic E-state index is 0.120. The SMILES string of the molecule is CC(C)CNC(=O)CNC(C)C1CCC1. The summed E-state index contributed by atoms with van der Waals surface area (Å²) >= 11 is 0. The van der Waals surface area contributed by atoms with E-state index in [4.69, 9.17) is 0 Å². The van der Waals surface area contributed by atoms with E-state index in [0.29, 0.717) is 18.5 Å². The fourth-order valence-electron chi connectivity index (χ4n) is 1.74. The maximum absolute atomic E-state index is 11.4. The lowest BCUT2D eigenvalue weighted by atomic mass is 9.80. The molecule has 15 heavy (non-hydrogen) atoms. The van der Waals surface area contributed by atoms with Crippen LogP contribution in [0.25, 0.3) is 0 Å². The van der Waals surface area contributed by atoms with Gasteiger partial charge in [-0.3, -0.25) is 4.79 Å². The van der Waals surface area contributed by atoms with Gasteiger partial charge in [0.25, 0.3) is 0 Å². The van der Waals surface area contributed by atoms with E-state index in [1.165, 1.54) is 19.3 Å². The third-order valence-electron chi connectivity index (χ3n) is 3.15. The maximum Gasteiger partial charge on any atom is 0.233 e. The predicted octanol–water partition coefficient (Wildman–Crippen LogP) is 1.54. The molecule has 0 spiro atoms. The summed E-state index contributed by atoms with van der Waals surface area (Å²) in [5, 5.41) is 6.21. The van der Waals surface area contributed by atoms with Gasteiger partial charge in [-0.15, -0.1) is 0 Å². The number of hydrogen-bond donors (Lipinski definition) is 2. The number of carbonyl (C=O) groups excluding carboxylic acids is 1. The Kier molecular flexibility index (Phi) is 5.09. The van der Waals surface area contributed by atoms with Crippen LogP contribution in [0.5, 0.6) is 0 Å². The second kappa shape index (κ2) is 6.11. The topological polar surface area (TPSA) is 41.1 Å². The zero-order valence-corrected chi connectivity index (χ0v) is 10.2. The van der Waals surface area contributed by atoms with Crippen LogP contribution in [0.4, 0.5) is 0 Å². The number of rotatable bonds is 6. The van der Waals surface area contributed by atoms with Gasteiger partial charge in [-0.2, -0.15) is 0 Å². The molecule has 1 aliphatic carbocycles. The summed E-state index contributed by atoms with van der Waals surface area (Å²) in [6.45, 7) is 7.62. The Morgan fingerprint density at radius 1 is 1.33 bits per heavy atom. The highest BCUT2D eigenvalue weighted by Crippen LogP contribution is 2.29. The summed E-state index contributed by atoms with van der Waals surface area (Å²) in [6.07, 6.45) is 4.00. The van der Waals surface area contributed by atoms with Crippen molar-refractivity contribution in [1.29, 1.82) is 0 Å². The van der Waals surface area contributed by atoms with E-state index >= 15 is 0 Å². The molecule has 0 saturated heterocycles. The Morgan fingerprint density at radius 2 is 2.00 bits per heavy atom. The lowest BCUT2D eigenvalue weighted by Gasteiger charge is -2.31. The van der Waals surface area contributed by atoms with E-state index in [9.17, 15) is 4.79 Å². The molecule has 1 amide bonds. The smallest absolute Gasteiger partial charge is 0.233 e. The van der Waals surface area contributed by atoms with Crippen LogP contribution in [0, 0.1) is 11.8 Å². The zero-order valence-electron chi connectivity index (χ0n) is 10.2. The number of carbonyl (C=O) groups is 1. The molecule has 0 aromatic rings. The van der Waals surface area contributed by atoms with Gasteiger partial charge < -0.3 is 10.6 Å². The van der Waals surface area contributed by atoms with Crippen molar-refractivity contribution in [3.63, 3.8) is 0 Å². The standard InChI is InChI=1S/C12H24N2O/c1-9(2)7-14-12(15)8-13-10(3)11-5-4-6-11/h9-11,13H,4-8H2,1-3H3,(H,14,15). The van der Waals surface area contributed by atoms with E-state index in [1.807, 2.05) is 0 Å². The normalized spacial score (nSPS) is 18.7. The highest BCUT2D eigenvalue weighted by Gasteiger charge is 2.23. The molecule has 1 aliphatic rings. The van der Waals surface area contributed by atoms with Crippen LogP contribution >= 0.6 is 0 Å². The first-order chi connectivity index (χ1) is 7.09. The van der Waals surface area contributed by atoms with Crippen molar-refractivity contribution in [2.75, 3.05) is 13.1 Å². The molecule has 1 rings (SSSR count). The van der Waals surface area contributed by atoms with E-state index in [0.717, 1.165) is 12.5 Å². The first kappa shape index (κ1) is 12.5. The van der Waals surface area contributed by atoms with Gasteiger partial charge >= 0.3 is 0 Å². The zero-order chi connectivity index (χ0) is 11.3. The molecule has 88 valence electrons. The van der Waals surface area contributed by atoms with Crippen LogP contribution < -0.4 is 10.6 Å². The van der Waals surface area contributed by atoms with Crippen molar-refractivity contribution in [3.05, 3.63) is 0 Å². The Bertz CT molecular complexity index is 200. The number of nitrogens with one attached hydrogen (secondary N) is 2. The van der Waals surface area contributed by atoms with Crippen molar-refractivity contribution < 1.29 is 4.79 Å². The lowest BCUT2D eigenvalue weighted by Crippen LogP contribution is -2.43. The Hall–Kier alpha value is -0.570. The van der Waals surface area contributed by atoms with E-state index in [1.54, 1.807) is 0 Å². The monoisotopic (exact) mass is 212 g/mol. The molecule has 0 bridgehead atoms. The molecule has 3 nitrogen and oxygen atoms in total. The summed E-state index contributed by atoms with van der Waals surface area (Å²) in [4.78, 5) is 11.4. The maximum atomic E-state index is 11.4. The summed E-state index contributed by atoms with van der Waals surface area (Å²) in [6, 6.07) is 0.489. The minimum absolute atomic E-state index is 0.120. The molecule has 1 fully saturated rings. The molecular formula is C12H24N2O. The summed E-state index contributed by atoms with van der Waals surface area (Å²) in [5.41, 5.74) is 0. The van der Waals surface area contributed by atoms with Crippen molar-refractivity contribution in [2.24, 2.45) is 11.8 Å². The molecular weight excluding hydrogens is 188 g/mol. The van der Waals surface area contributed by atoms with Crippen molar-refractivity contribution in [2.45, 2.75) is 46.1 Å². The van der Waals surface area contributed by atoms with Crippen LogP contribution in [0.2, 0.25) is 0 Å². The summed E-state index contributed by atoms with van der Waals surface area (Å²) in [5.74, 6) is 1.44. The number of amides is 1. The van der Waals surface area contributed by atoms with Crippen molar-refractivity contribution >= 4 is 5.91 Å². The van der Waals surface area contributed by atoms with Crippen LogP contribution in [0.3, 0.4) is 0 Å². The van der Waals surface area contributed by atoms with Gasteiger partial charge in [0.05, 0.1) is 6.54 Å². The fourth-order valence-corrected chi connectivity index (χ4v) is 1.74. The average Bonchev–Trinajstić information content (AvgIpc) is 2.08. The largest absolute Gasteiger partial charge is 0.355 e. The molecule has 0 aromatic heterocycles. The summed E-state index contributed by atoms with van der Waals surface area (Å²) in [7, 11) is 0. The Balaban J connectivity index is 2.05. The third kappa shape index (κ3) is 4.65. The quantitative estimate of drug-likeness (QED) is 0.701. The fraction of sp³-hybridized carbons (Fsp3) is 0.917. The van der Waals surface area contributed by atoms with Gasteiger partial charge in [-0.05, 0) is 31.6 Å². The van der Waals surface area contributed by atoms with Gasteiger partial charge in [-0.1, -0.05) is 20.3 Å². The summed E-state index contributed by atoms with van der Waals surface area (Å²) < 4.78 is 0. The minimum Gasteiger partial charge on any atom is -0.355 e. The van der Waals surface area contributed by atoms with Gasteiger partial charge in [0.1, 0.15) is 0 Å². The van der Waals surface area contributed by atoms with Crippen LogP contribution in [-0.4, -0.2) is 25.0 Å². The third-order valence-corrected chi connectivity index (χ3v) is 3.15. The van der Waals surface area contributed by atoms with Crippen LogP contribution in [0.15, 0.2) is 0 Å². The number of hydrogen-bond acceptors (Lipinski definition) is 2. The molecule has 0 heterocycles. The van der Waals surface area contributed by atoms with E-state index in [-0.39, 0.29) is 5.91 Å². The molecule has 1 atom stereocenters.